The van der Waals surface area contributed by atoms with Gasteiger partial charge in [0.25, 0.3) is 0 Å². The van der Waals surface area contributed by atoms with Crippen LogP contribution in [0.1, 0.15) is 31.6 Å². The van der Waals surface area contributed by atoms with E-state index in [0.29, 0.717) is 12.5 Å². The minimum Gasteiger partial charge on any atom is -0.497 e. The van der Waals surface area contributed by atoms with Crippen LogP contribution in [0.3, 0.4) is 0 Å². The molecule has 1 amide bonds. The zero-order valence-corrected chi connectivity index (χ0v) is 18.2. The number of nitrogens with one attached hydrogen (secondary N) is 2. The van der Waals surface area contributed by atoms with Crippen LogP contribution in [-0.2, 0) is 11.3 Å². The number of rotatable bonds is 7. The van der Waals surface area contributed by atoms with E-state index < -0.39 is 0 Å². The van der Waals surface area contributed by atoms with E-state index in [4.69, 9.17) is 9.15 Å². The van der Waals surface area contributed by atoms with E-state index >= 15 is 0 Å². The topological polar surface area (TPSA) is 79.6 Å². The van der Waals surface area contributed by atoms with Crippen molar-refractivity contribution >= 4 is 18.3 Å². The Bertz CT molecular complexity index is 805. The molecule has 0 spiro atoms. The second-order valence-electron chi connectivity index (χ2n) is 7.98. The first-order chi connectivity index (χ1) is 14.2. The quantitative estimate of drug-likeness (QED) is 0.697. The van der Waals surface area contributed by atoms with E-state index in [1.807, 2.05) is 24.3 Å². The van der Waals surface area contributed by atoms with Crippen LogP contribution in [0.4, 0.5) is 0 Å². The summed E-state index contributed by atoms with van der Waals surface area (Å²) in [6.07, 6.45) is 6.10. The van der Waals surface area contributed by atoms with E-state index in [2.05, 4.69) is 20.5 Å². The largest absolute Gasteiger partial charge is 0.497 e. The Morgan fingerprint density at radius 3 is 2.87 bits per heavy atom. The lowest BCUT2D eigenvalue weighted by atomic mass is 9.98. The van der Waals surface area contributed by atoms with Gasteiger partial charge in [-0.05, 0) is 69.0 Å². The predicted molar refractivity (Wildman–Crippen MR) is 118 cm³/mol. The van der Waals surface area contributed by atoms with Gasteiger partial charge >= 0.3 is 0 Å². The van der Waals surface area contributed by atoms with E-state index in [0.717, 1.165) is 74.8 Å². The molecule has 0 saturated carbocycles. The standard InChI is InChI=1S/C22H30N4O3.ClH/c1-28-18-8-6-17(7-9-18)20-13-24-21(29-20)15-26-11-3-4-16(14-26)12-25-22(27)19-5-2-10-23-19;/h6-9,13,16,19,23H,2-5,10-12,14-15H2,1H3,(H,25,27);1H. The number of methoxy groups -OCH3 is 1. The lowest BCUT2D eigenvalue weighted by Gasteiger charge is -2.32. The number of carbonyl (C=O) groups excluding carboxylic acids is 1. The average Bonchev–Trinajstić information content (AvgIpc) is 3.45. The third-order valence-electron chi connectivity index (χ3n) is 5.83. The Morgan fingerprint density at radius 1 is 1.30 bits per heavy atom. The van der Waals surface area contributed by atoms with Gasteiger partial charge in [0.2, 0.25) is 11.8 Å². The number of piperidine rings is 1. The summed E-state index contributed by atoms with van der Waals surface area (Å²) >= 11 is 0. The van der Waals surface area contributed by atoms with Gasteiger partial charge in [0.1, 0.15) is 5.75 Å². The highest BCUT2D eigenvalue weighted by molar-refractivity contribution is 5.85. The van der Waals surface area contributed by atoms with Crippen molar-refractivity contribution < 1.29 is 13.9 Å². The fraction of sp³-hybridized carbons (Fsp3) is 0.545. The molecule has 0 aliphatic carbocycles. The molecule has 2 aliphatic rings. The number of carbonyl (C=O) groups is 1. The highest BCUT2D eigenvalue weighted by atomic mass is 35.5. The van der Waals surface area contributed by atoms with Gasteiger partial charge in [-0.1, -0.05) is 0 Å². The van der Waals surface area contributed by atoms with E-state index in [1.165, 1.54) is 0 Å². The number of likely N-dealkylation sites (tertiary alicyclic amines) is 1. The van der Waals surface area contributed by atoms with Crippen molar-refractivity contribution in [1.29, 1.82) is 0 Å². The maximum Gasteiger partial charge on any atom is 0.237 e. The first kappa shape index (κ1) is 22.6. The van der Waals surface area contributed by atoms with Crippen LogP contribution in [0.2, 0.25) is 0 Å². The molecule has 2 fully saturated rings. The molecular formula is C22H31ClN4O3. The zero-order chi connectivity index (χ0) is 20.1. The van der Waals surface area contributed by atoms with Gasteiger partial charge in [0.15, 0.2) is 5.76 Å². The molecule has 3 heterocycles. The van der Waals surface area contributed by atoms with Gasteiger partial charge in [-0.3, -0.25) is 9.69 Å². The number of halogens is 1. The number of ether oxygens (including phenoxy) is 1. The normalized spacial score (nSPS) is 21.8. The van der Waals surface area contributed by atoms with Crippen molar-refractivity contribution in [2.24, 2.45) is 5.92 Å². The number of hydrogen-bond acceptors (Lipinski definition) is 6. The molecule has 2 aromatic rings. The Balaban J connectivity index is 0.00000256. The van der Waals surface area contributed by atoms with Gasteiger partial charge in [0, 0.05) is 18.7 Å². The van der Waals surface area contributed by atoms with Crippen LogP contribution >= 0.6 is 12.4 Å². The van der Waals surface area contributed by atoms with Gasteiger partial charge in [-0.15, -0.1) is 12.4 Å². The minimum atomic E-state index is -0.00149. The minimum absolute atomic E-state index is 0. The first-order valence-corrected chi connectivity index (χ1v) is 10.5. The van der Waals surface area contributed by atoms with Crippen molar-refractivity contribution in [3.05, 3.63) is 36.4 Å². The number of aromatic nitrogens is 1. The molecule has 164 valence electrons. The van der Waals surface area contributed by atoms with Crippen LogP contribution in [0.25, 0.3) is 11.3 Å². The second kappa shape index (κ2) is 10.8. The smallest absolute Gasteiger partial charge is 0.237 e. The van der Waals surface area contributed by atoms with E-state index in [9.17, 15) is 4.79 Å². The summed E-state index contributed by atoms with van der Waals surface area (Å²) < 4.78 is 11.2. The van der Waals surface area contributed by atoms with Gasteiger partial charge in [-0.25, -0.2) is 4.98 Å². The summed E-state index contributed by atoms with van der Waals surface area (Å²) in [5, 5.41) is 6.39. The van der Waals surface area contributed by atoms with Crippen LogP contribution < -0.4 is 15.4 Å². The summed E-state index contributed by atoms with van der Waals surface area (Å²) in [6, 6.07) is 7.78. The Hall–Kier alpha value is -2.09. The fourth-order valence-electron chi connectivity index (χ4n) is 4.20. The summed E-state index contributed by atoms with van der Waals surface area (Å²) in [5.74, 6) is 2.95. The molecular weight excluding hydrogens is 404 g/mol. The maximum atomic E-state index is 12.2. The molecule has 8 heteroatoms. The molecule has 2 N–H and O–H groups in total. The monoisotopic (exact) mass is 434 g/mol. The average molecular weight is 435 g/mol. The molecule has 2 unspecified atom stereocenters. The fourth-order valence-corrected chi connectivity index (χ4v) is 4.20. The van der Waals surface area contributed by atoms with Crippen molar-refractivity contribution in [3.63, 3.8) is 0 Å². The second-order valence-corrected chi connectivity index (χ2v) is 7.98. The highest BCUT2D eigenvalue weighted by Crippen LogP contribution is 2.24. The molecule has 0 bridgehead atoms. The summed E-state index contributed by atoms with van der Waals surface area (Å²) in [6.45, 7) is 4.39. The van der Waals surface area contributed by atoms with E-state index in [1.54, 1.807) is 13.3 Å². The van der Waals surface area contributed by atoms with Crippen molar-refractivity contribution in [1.82, 2.24) is 20.5 Å². The maximum absolute atomic E-state index is 12.2. The van der Waals surface area contributed by atoms with Gasteiger partial charge in [0.05, 0.1) is 25.9 Å². The highest BCUT2D eigenvalue weighted by Gasteiger charge is 2.25. The van der Waals surface area contributed by atoms with E-state index in [-0.39, 0.29) is 24.4 Å². The van der Waals surface area contributed by atoms with Gasteiger partial charge < -0.3 is 19.8 Å². The van der Waals surface area contributed by atoms with Crippen molar-refractivity contribution in [2.75, 3.05) is 33.3 Å². The van der Waals surface area contributed by atoms with Crippen LogP contribution in [0.15, 0.2) is 34.9 Å². The van der Waals surface area contributed by atoms with Crippen LogP contribution in [-0.4, -0.2) is 55.1 Å². The molecule has 4 rings (SSSR count). The number of benzene rings is 1. The Kier molecular flexibility index (Phi) is 8.13. The SMILES string of the molecule is COc1ccc(-c2cnc(CN3CCCC(CNC(=O)C4CCCN4)C3)o2)cc1.Cl. The van der Waals surface area contributed by atoms with Gasteiger partial charge in [-0.2, -0.15) is 0 Å². The summed E-state index contributed by atoms with van der Waals surface area (Å²) in [7, 11) is 1.66. The Labute approximate surface area is 184 Å². The van der Waals surface area contributed by atoms with Crippen molar-refractivity contribution in [3.8, 4) is 17.1 Å². The molecule has 30 heavy (non-hydrogen) atoms. The van der Waals surface area contributed by atoms with Crippen LogP contribution in [0, 0.1) is 5.92 Å². The molecule has 0 radical (unpaired) electrons. The molecule has 2 saturated heterocycles. The molecule has 7 nitrogen and oxygen atoms in total. The lowest BCUT2D eigenvalue weighted by molar-refractivity contribution is -0.123. The van der Waals surface area contributed by atoms with Crippen LogP contribution in [0.5, 0.6) is 5.75 Å². The third kappa shape index (κ3) is 5.74. The zero-order valence-electron chi connectivity index (χ0n) is 17.4. The first-order valence-electron chi connectivity index (χ1n) is 10.5. The lowest BCUT2D eigenvalue weighted by Crippen LogP contribution is -2.45. The molecule has 1 aromatic carbocycles. The number of amides is 1. The third-order valence-corrected chi connectivity index (χ3v) is 5.83. The predicted octanol–water partition coefficient (Wildman–Crippen LogP) is 2.85. The number of nitrogens with zero attached hydrogens (tertiary/aromatic N) is 2. The molecule has 1 aromatic heterocycles. The van der Waals surface area contributed by atoms with Crippen molar-refractivity contribution in [2.45, 2.75) is 38.3 Å². The number of oxazole rings is 1. The summed E-state index contributed by atoms with van der Waals surface area (Å²) in [5.41, 5.74) is 0.990. The molecule has 2 aliphatic heterocycles. The molecule has 2 atom stereocenters. The Morgan fingerprint density at radius 2 is 2.13 bits per heavy atom. The number of hydrogen-bond donors (Lipinski definition) is 2. The summed E-state index contributed by atoms with van der Waals surface area (Å²) in [4.78, 5) is 19.1.